The Morgan fingerprint density at radius 1 is 1.06 bits per heavy atom. The number of carbonyl (C=O) groups is 2. The highest BCUT2D eigenvalue weighted by atomic mass is 16.7. The third-order valence-electron chi connectivity index (χ3n) is 11.1. The summed E-state index contributed by atoms with van der Waals surface area (Å²) in [6, 6.07) is 0. The number of hydrogen-bond donors (Lipinski definition) is 2. The van der Waals surface area contributed by atoms with Crippen molar-refractivity contribution in [2.45, 2.75) is 104 Å². The lowest BCUT2D eigenvalue weighted by Gasteiger charge is -2.63. The van der Waals surface area contributed by atoms with Crippen LogP contribution in [0, 0.1) is 46.3 Å². The Bertz CT molecular complexity index is 785. The van der Waals surface area contributed by atoms with E-state index in [2.05, 4.69) is 20.8 Å². The average molecular weight is 495 g/mol. The van der Waals surface area contributed by atoms with E-state index in [0.29, 0.717) is 31.3 Å². The first-order valence-electron chi connectivity index (χ1n) is 13.8. The van der Waals surface area contributed by atoms with Crippen LogP contribution in [-0.2, 0) is 19.0 Å². The molecule has 0 aromatic carbocycles. The summed E-state index contributed by atoms with van der Waals surface area (Å²) >= 11 is 0. The van der Waals surface area contributed by atoms with Crippen LogP contribution in [0.1, 0.15) is 85.5 Å². The molecule has 0 bridgehead atoms. The Kier molecular flexibility index (Phi) is 7.78. The van der Waals surface area contributed by atoms with Crippen LogP contribution in [0.4, 0.5) is 4.79 Å². The third kappa shape index (κ3) is 4.60. The summed E-state index contributed by atoms with van der Waals surface area (Å²) in [5, 5.41) is 23.2. The van der Waals surface area contributed by atoms with Gasteiger partial charge in [-0.1, -0.05) is 20.8 Å². The molecule has 0 heterocycles. The molecule has 4 aliphatic rings. The minimum Gasteiger partial charge on any atom is -0.469 e. The molecular formula is C28H46O7. The quantitative estimate of drug-likeness (QED) is 0.515. The summed E-state index contributed by atoms with van der Waals surface area (Å²) < 4.78 is 15.4. The van der Waals surface area contributed by atoms with Gasteiger partial charge in [0.1, 0.15) is 6.10 Å². The van der Waals surface area contributed by atoms with Gasteiger partial charge in [0.2, 0.25) is 0 Å². The molecule has 0 amide bonds. The molecule has 7 nitrogen and oxygen atoms in total. The van der Waals surface area contributed by atoms with E-state index >= 15 is 0 Å². The highest BCUT2D eigenvalue weighted by molar-refractivity contribution is 5.69. The Balaban J connectivity index is 1.50. The van der Waals surface area contributed by atoms with E-state index in [4.69, 9.17) is 14.2 Å². The van der Waals surface area contributed by atoms with Gasteiger partial charge in [-0.3, -0.25) is 4.79 Å². The molecule has 0 aromatic rings. The van der Waals surface area contributed by atoms with Crippen LogP contribution in [0.5, 0.6) is 0 Å². The molecule has 11 atom stereocenters. The van der Waals surface area contributed by atoms with E-state index < -0.39 is 18.4 Å². The lowest BCUT2D eigenvalue weighted by Crippen LogP contribution is -2.62. The van der Waals surface area contributed by atoms with E-state index in [1.165, 1.54) is 7.11 Å². The number of rotatable bonds is 6. The van der Waals surface area contributed by atoms with Crippen molar-refractivity contribution in [3.05, 3.63) is 0 Å². The number of aliphatic hydroxyl groups is 2. The molecule has 200 valence electrons. The van der Waals surface area contributed by atoms with Crippen LogP contribution in [0.3, 0.4) is 0 Å². The van der Waals surface area contributed by atoms with Crippen molar-refractivity contribution in [2.24, 2.45) is 46.3 Å². The maximum atomic E-state index is 11.9. The average Bonchev–Trinajstić information content (AvgIpc) is 3.17. The molecule has 0 spiro atoms. The molecule has 4 aliphatic carbocycles. The Morgan fingerprint density at radius 2 is 1.80 bits per heavy atom. The molecule has 7 heteroatoms. The highest BCUT2D eigenvalue weighted by Gasteiger charge is 2.65. The first-order chi connectivity index (χ1) is 16.6. The molecule has 0 saturated heterocycles. The number of ether oxygens (including phenoxy) is 3. The lowest BCUT2D eigenvalue weighted by atomic mass is 9.43. The van der Waals surface area contributed by atoms with Gasteiger partial charge in [0.25, 0.3) is 0 Å². The van der Waals surface area contributed by atoms with Gasteiger partial charge in [-0.15, -0.1) is 0 Å². The summed E-state index contributed by atoms with van der Waals surface area (Å²) in [5.74, 6) is 1.46. The van der Waals surface area contributed by atoms with E-state index in [1.54, 1.807) is 6.92 Å². The molecule has 2 N–H and O–H groups in total. The molecule has 0 aromatic heterocycles. The number of esters is 1. The molecule has 0 radical (unpaired) electrons. The monoisotopic (exact) mass is 494 g/mol. The number of fused-ring (bicyclic) bond motifs is 5. The Labute approximate surface area is 210 Å². The van der Waals surface area contributed by atoms with Crippen LogP contribution in [0.15, 0.2) is 0 Å². The highest BCUT2D eigenvalue weighted by Crippen LogP contribution is 2.68. The number of aliphatic hydroxyl groups excluding tert-OH is 2. The third-order valence-corrected chi connectivity index (χ3v) is 11.1. The Morgan fingerprint density at radius 3 is 2.49 bits per heavy atom. The molecule has 0 aliphatic heterocycles. The van der Waals surface area contributed by atoms with Gasteiger partial charge in [-0.05, 0) is 105 Å². The molecule has 4 fully saturated rings. The van der Waals surface area contributed by atoms with Crippen molar-refractivity contribution in [1.29, 1.82) is 0 Å². The van der Waals surface area contributed by atoms with Crippen LogP contribution < -0.4 is 0 Å². The zero-order valence-electron chi connectivity index (χ0n) is 22.2. The second-order valence-corrected chi connectivity index (χ2v) is 12.4. The van der Waals surface area contributed by atoms with Gasteiger partial charge in [-0.2, -0.15) is 0 Å². The largest absolute Gasteiger partial charge is 0.508 e. The number of carbonyl (C=O) groups excluding carboxylic acids is 2. The molecule has 0 unspecified atom stereocenters. The van der Waals surface area contributed by atoms with Crippen molar-refractivity contribution in [1.82, 2.24) is 0 Å². The maximum absolute atomic E-state index is 11.9. The van der Waals surface area contributed by atoms with E-state index in [0.717, 1.165) is 44.9 Å². The van der Waals surface area contributed by atoms with Crippen molar-refractivity contribution < 1.29 is 34.0 Å². The summed E-state index contributed by atoms with van der Waals surface area (Å²) in [7, 11) is 1.43. The first-order valence-corrected chi connectivity index (χ1v) is 13.8. The van der Waals surface area contributed by atoms with Gasteiger partial charge < -0.3 is 24.4 Å². The smallest absolute Gasteiger partial charge is 0.469 e. The van der Waals surface area contributed by atoms with Gasteiger partial charge in [0.05, 0.1) is 25.9 Å². The summed E-state index contributed by atoms with van der Waals surface area (Å²) in [6.07, 6.45) is 5.58. The molecular weight excluding hydrogens is 448 g/mol. The second-order valence-electron chi connectivity index (χ2n) is 12.4. The van der Waals surface area contributed by atoms with Crippen molar-refractivity contribution in [3.8, 4) is 0 Å². The van der Waals surface area contributed by atoms with E-state index in [1.807, 2.05) is 0 Å². The molecule has 4 saturated carbocycles. The SMILES string of the molecule is CCOC(=O)O[C@H]1CC[C@@]2(C)[C@H](C1)C[C@@H](O)[C@H]1[C@H]2C[C@@H](O)[C@@]2(C)[C@@H]1CC[C@H]2[C@H](C)CCC(=O)OC. The minimum atomic E-state index is -0.600. The van der Waals surface area contributed by atoms with Crippen molar-refractivity contribution in [3.63, 3.8) is 0 Å². The van der Waals surface area contributed by atoms with Crippen LogP contribution in [0.2, 0.25) is 0 Å². The fourth-order valence-electron chi connectivity index (χ4n) is 9.16. The normalized spacial score (nSPS) is 45.5. The van der Waals surface area contributed by atoms with Gasteiger partial charge in [-0.25, -0.2) is 4.79 Å². The van der Waals surface area contributed by atoms with Crippen molar-refractivity contribution in [2.75, 3.05) is 13.7 Å². The van der Waals surface area contributed by atoms with Gasteiger partial charge in [0, 0.05) is 6.42 Å². The zero-order chi connectivity index (χ0) is 25.5. The zero-order valence-corrected chi connectivity index (χ0v) is 22.2. The van der Waals surface area contributed by atoms with Gasteiger partial charge in [0.15, 0.2) is 0 Å². The lowest BCUT2D eigenvalue weighted by molar-refractivity contribution is -0.207. The standard InChI is InChI=1S/C28H46O7/c1-6-34-26(32)35-18-11-12-27(3)17(13-18)14-22(29)25-20-9-8-19(16(2)7-10-24(31)33-5)28(20,4)23(30)15-21(25)27/h16-23,25,29-30H,6-15H2,1-5H3/t16-,17-,18+,19+,20-,21-,22-,23-,25-,27+,28-/m1/s1. The van der Waals surface area contributed by atoms with Crippen LogP contribution >= 0.6 is 0 Å². The second kappa shape index (κ2) is 10.2. The molecule has 35 heavy (non-hydrogen) atoms. The first kappa shape index (κ1) is 26.7. The predicted molar refractivity (Wildman–Crippen MR) is 130 cm³/mol. The van der Waals surface area contributed by atoms with Crippen LogP contribution in [-0.4, -0.2) is 54.4 Å². The fraction of sp³-hybridized carbons (Fsp3) is 0.929. The number of methoxy groups -OCH3 is 1. The molecule has 4 rings (SSSR count). The van der Waals surface area contributed by atoms with Crippen LogP contribution in [0.25, 0.3) is 0 Å². The van der Waals surface area contributed by atoms with Gasteiger partial charge >= 0.3 is 12.1 Å². The fourth-order valence-corrected chi connectivity index (χ4v) is 9.16. The van der Waals surface area contributed by atoms with Crippen molar-refractivity contribution >= 4 is 12.1 Å². The minimum absolute atomic E-state index is 0.0231. The number of hydrogen-bond acceptors (Lipinski definition) is 7. The van der Waals surface area contributed by atoms with E-state index in [-0.39, 0.29) is 46.6 Å². The topological polar surface area (TPSA) is 102 Å². The summed E-state index contributed by atoms with van der Waals surface area (Å²) in [6.45, 7) is 8.88. The Hall–Kier alpha value is -1.34. The predicted octanol–water partition coefficient (Wildman–Crippen LogP) is 4.72. The van der Waals surface area contributed by atoms with E-state index in [9.17, 15) is 19.8 Å². The maximum Gasteiger partial charge on any atom is 0.508 e. The summed E-state index contributed by atoms with van der Waals surface area (Å²) in [4.78, 5) is 23.6. The summed E-state index contributed by atoms with van der Waals surface area (Å²) in [5.41, 5.74) is -0.222.